The van der Waals surface area contributed by atoms with Crippen molar-refractivity contribution in [1.82, 2.24) is 0 Å². The van der Waals surface area contributed by atoms with E-state index >= 15 is 0 Å². The van der Waals surface area contributed by atoms with Crippen LogP contribution < -0.4 is 5.73 Å². The van der Waals surface area contributed by atoms with Crippen LogP contribution in [-0.4, -0.2) is 0 Å². The molecule has 1 aromatic carbocycles. The van der Waals surface area contributed by atoms with Crippen LogP contribution in [0.3, 0.4) is 0 Å². The van der Waals surface area contributed by atoms with Crippen molar-refractivity contribution in [1.29, 1.82) is 0 Å². The van der Waals surface area contributed by atoms with Gasteiger partial charge in [-0.15, -0.1) is 12.4 Å². The Morgan fingerprint density at radius 3 is 2.33 bits per heavy atom. The zero-order chi connectivity index (χ0) is 10.4. The second-order valence-electron chi connectivity index (χ2n) is 3.65. The molecule has 1 nitrogen and oxygen atoms in total. The predicted octanol–water partition coefficient (Wildman–Crippen LogP) is 4.29. The third kappa shape index (κ3) is 5.73. The third-order valence-corrected chi connectivity index (χ3v) is 3.14. The van der Waals surface area contributed by atoms with Gasteiger partial charge in [-0.05, 0) is 46.7 Å². The summed E-state index contributed by atoms with van der Waals surface area (Å²) >= 11 is 2.31. The van der Waals surface area contributed by atoms with Gasteiger partial charge < -0.3 is 5.73 Å². The van der Waals surface area contributed by atoms with Gasteiger partial charge >= 0.3 is 0 Å². The molecule has 1 rings (SSSR count). The number of rotatable bonds is 5. The van der Waals surface area contributed by atoms with Crippen molar-refractivity contribution in [3.63, 3.8) is 0 Å². The molecule has 1 aromatic rings. The zero-order valence-electron chi connectivity index (χ0n) is 9.08. The van der Waals surface area contributed by atoms with E-state index in [0.717, 1.165) is 6.42 Å². The molecular formula is C12H19ClIN. The van der Waals surface area contributed by atoms with E-state index in [0.29, 0.717) is 0 Å². The van der Waals surface area contributed by atoms with E-state index in [-0.39, 0.29) is 18.4 Å². The number of halogens is 2. The van der Waals surface area contributed by atoms with Gasteiger partial charge in [0.1, 0.15) is 0 Å². The first-order chi connectivity index (χ1) is 6.74. The lowest BCUT2D eigenvalue weighted by atomic mass is 10.0. The minimum atomic E-state index is 0. The van der Waals surface area contributed by atoms with E-state index in [1.54, 1.807) is 0 Å². The number of unbranched alkanes of at least 4 members (excludes halogenated alkanes) is 2. The maximum atomic E-state index is 6.08. The van der Waals surface area contributed by atoms with Crippen LogP contribution in [0.4, 0.5) is 0 Å². The summed E-state index contributed by atoms with van der Waals surface area (Å²) in [6.45, 7) is 2.22. The Morgan fingerprint density at radius 1 is 1.20 bits per heavy atom. The van der Waals surface area contributed by atoms with Crippen molar-refractivity contribution < 1.29 is 0 Å². The minimum Gasteiger partial charge on any atom is -0.324 e. The van der Waals surface area contributed by atoms with Gasteiger partial charge in [-0.2, -0.15) is 0 Å². The smallest absolute Gasteiger partial charge is 0.0294 e. The standard InChI is InChI=1S/C12H18IN.ClH/c1-2-3-4-5-12(14)10-6-8-11(13)9-7-10;/h6-9,12H,2-5,14H2,1H3;1H/t12-;/m1./s1. The highest BCUT2D eigenvalue weighted by Gasteiger charge is 2.04. The van der Waals surface area contributed by atoms with E-state index in [4.69, 9.17) is 5.73 Å². The fourth-order valence-corrected chi connectivity index (χ4v) is 1.85. The summed E-state index contributed by atoms with van der Waals surface area (Å²) in [6, 6.07) is 8.74. The van der Waals surface area contributed by atoms with Gasteiger partial charge in [-0.3, -0.25) is 0 Å². The molecule has 1 atom stereocenters. The maximum absolute atomic E-state index is 6.08. The summed E-state index contributed by atoms with van der Waals surface area (Å²) in [7, 11) is 0. The van der Waals surface area contributed by atoms with Crippen molar-refractivity contribution in [2.24, 2.45) is 5.73 Å². The molecule has 0 aliphatic heterocycles. The van der Waals surface area contributed by atoms with Crippen LogP contribution in [0.1, 0.15) is 44.2 Å². The molecule has 0 aliphatic carbocycles. The Morgan fingerprint density at radius 2 is 1.80 bits per heavy atom. The van der Waals surface area contributed by atoms with Gasteiger partial charge in [0.05, 0.1) is 0 Å². The molecule has 2 N–H and O–H groups in total. The van der Waals surface area contributed by atoms with Gasteiger partial charge in [0.15, 0.2) is 0 Å². The average Bonchev–Trinajstić information content (AvgIpc) is 2.19. The van der Waals surface area contributed by atoms with E-state index in [1.807, 2.05) is 0 Å². The Kier molecular flexibility index (Phi) is 8.47. The fraction of sp³-hybridized carbons (Fsp3) is 0.500. The summed E-state index contributed by atoms with van der Waals surface area (Å²) in [5.41, 5.74) is 7.35. The molecule has 3 heteroatoms. The molecular weight excluding hydrogens is 320 g/mol. The van der Waals surface area contributed by atoms with Crippen molar-refractivity contribution in [3.05, 3.63) is 33.4 Å². The van der Waals surface area contributed by atoms with Crippen LogP contribution in [0.2, 0.25) is 0 Å². The quantitative estimate of drug-likeness (QED) is 0.628. The van der Waals surface area contributed by atoms with E-state index < -0.39 is 0 Å². The highest BCUT2D eigenvalue weighted by molar-refractivity contribution is 14.1. The summed E-state index contributed by atoms with van der Waals surface area (Å²) in [5, 5.41) is 0. The van der Waals surface area contributed by atoms with Crippen molar-refractivity contribution in [2.45, 2.75) is 38.6 Å². The maximum Gasteiger partial charge on any atom is 0.0294 e. The van der Waals surface area contributed by atoms with Crippen LogP contribution in [0, 0.1) is 3.57 Å². The third-order valence-electron chi connectivity index (χ3n) is 2.42. The van der Waals surface area contributed by atoms with Gasteiger partial charge in [-0.1, -0.05) is 38.3 Å². The molecule has 0 saturated carbocycles. The highest BCUT2D eigenvalue weighted by atomic mass is 127. The van der Waals surface area contributed by atoms with Gasteiger partial charge in [0, 0.05) is 9.61 Å². The number of hydrogen-bond donors (Lipinski definition) is 1. The van der Waals surface area contributed by atoms with Crippen molar-refractivity contribution in [2.75, 3.05) is 0 Å². The number of hydrogen-bond acceptors (Lipinski definition) is 1. The summed E-state index contributed by atoms with van der Waals surface area (Å²) < 4.78 is 1.27. The SMILES string of the molecule is CCCCC[C@@H](N)c1ccc(I)cc1.Cl. The Bertz CT molecular complexity index is 261. The zero-order valence-corrected chi connectivity index (χ0v) is 12.1. The Hall–Kier alpha value is 0.200. The second-order valence-corrected chi connectivity index (χ2v) is 4.90. The van der Waals surface area contributed by atoms with Crippen molar-refractivity contribution in [3.8, 4) is 0 Å². The normalized spacial score (nSPS) is 11.9. The van der Waals surface area contributed by atoms with E-state index in [1.165, 1.54) is 28.4 Å². The molecule has 0 heterocycles. The van der Waals surface area contributed by atoms with Crippen molar-refractivity contribution >= 4 is 35.0 Å². The summed E-state index contributed by atoms with van der Waals surface area (Å²) in [4.78, 5) is 0. The molecule has 0 spiro atoms. The highest BCUT2D eigenvalue weighted by Crippen LogP contribution is 2.18. The first-order valence-electron chi connectivity index (χ1n) is 5.25. The molecule has 0 amide bonds. The molecule has 0 saturated heterocycles. The largest absolute Gasteiger partial charge is 0.324 e. The summed E-state index contributed by atoms with van der Waals surface area (Å²) in [6.07, 6.45) is 4.90. The molecule has 15 heavy (non-hydrogen) atoms. The van der Waals surface area contributed by atoms with Gasteiger partial charge in [0.2, 0.25) is 0 Å². The van der Waals surface area contributed by atoms with Crippen LogP contribution in [0.15, 0.2) is 24.3 Å². The lowest BCUT2D eigenvalue weighted by Crippen LogP contribution is -2.09. The Balaban J connectivity index is 0.00000196. The second kappa shape index (κ2) is 8.36. The van der Waals surface area contributed by atoms with Crippen LogP contribution in [0.25, 0.3) is 0 Å². The van der Waals surface area contributed by atoms with Crippen LogP contribution in [-0.2, 0) is 0 Å². The lowest BCUT2D eigenvalue weighted by Gasteiger charge is -2.11. The fourth-order valence-electron chi connectivity index (χ4n) is 1.49. The lowest BCUT2D eigenvalue weighted by molar-refractivity contribution is 0.581. The molecule has 0 bridgehead atoms. The number of benzene rings is 1. The van der Waals surface area contributed by atoms with Gasteiger partial charge in [-0.25, -0.2) is 0 Å². The average molecular weight is 340 g/mol. The van der Waals surface area contributed by atoms with E-state index in [2.05, 4.69) is 53.8 Å². The first-order valence-corrected chi connectivity index (χ1v) is 6.33. The molecule has 0 radical (unpaired) electrons. The Labute approximate surface area is 112 Å². The monoisotopic (exact) mass is 339 g/mol. The van der Waals surface area contributed by atoms with Gasteiger partial charge in [0.25, 0.3) is 0 Å². The van der Waals surface area contributed by atoms with Crippen LogP contribution >= 0.6 is 35.0 Å². The molecule has 0 aromatic heterocycles. The molecule has 0 unspecified atom stereocenters. The summed E-state index contributed by atoms with van der Waals surface area (Å²) in [5.74, 6) is 0. The molecule has 86 valence electrons. The predicted molar refractivity (Wildman–Crippen MR) is 77.5 cm³/mol. The number of nitrogens with two attached hydrogens (primary N) is 1. The minimum absolute atomic E-state index is 0. The molecule has 0 fully saturated rings. The molecule has 0 aliphatic rings. The van der Waals surface area contributed by atoms with E-state index in [9.17, 15) is 0 Å². The topological polar surface area (TPSA) is 26.0 Å². The first kappa shape index (κ1) is 15.2. The van der Waals surface area contributed by atoms with Crippen LogP contribution in [0.5, 0.6) is 0 Å².